The number of fused-ring (bicyclic) bond motifs is 2. The van der Waals surface area contributed by atoms with Gasteiger partial charge in [-0.1, -0.05) is 65.6 Å². The van der Waals surface area contributed by atoms with Crippen LogP contribution >= 0.6 is 0 Å². The summed E-state index contributed by atoms with van der Waals surface area (Å²) >= 11 is 0. The van der Waals surface area contributed by atoms with Gasteiger partial charge in [0, 0.05) is 0 Å². The second-order valence-corrected chi connectivity index (χ2v) is 10.1. The summed E-state index contributed by atoms with van der Waals surface area (Å²) in [6, 6.07) is 19.9. The molecule has 2 aliphatic heterocycles. The van der Waals surface area contributed by atoms with E-state index in [0.717, 1.165) is 11.1 Å². The van der Waals surface area contributed by atoms with Gasteiger partial charge in [-0.3, -0.25) is 13.9 Å². The summed E-state index contributed by atoms with van der Waals surface area (Å²) in [4.78, 5) is 18.1. The summed E-state index contributed by atoms with van der Waals surface area (Å²) in [7, 11) is 1.84. The van der Waals surface area contributed by atoms with E-state index in [2.05, 4.69) is 4.98 Å². The van der Waals surface area contributed by atoms with Crippen molar-refractivity contribution in [2.24, 2.45) is 7.05 Å². The topological polar surface area (TPSA) is 80.6 Å². The van der Waals surface area contributed by atoms with Crippen LogP contribution in [0.3, 0.4) is 0 Å². The van der Waals surface area contributed by atoms with Gasteiger partial charge in [0.1, 0.15) is 18.3 Å². The normalized spacial score (nSPS) is 24.5. The predicted molar refractivity (Wildman–Crippen MR) is 135 cm³/mol. The molecule has 192 valence electrons. The van der Waals surface area contributed by atoms with Gasteiger partial charge in [0.05, 0.1) is 26.8 Å². The van der Waals surface area contributed by atoms with Crippen LogP contribution in [0.25, 0.3) is 11.2 Å². The standard InChI is InChI=1S/C28H31N4O5/c1-28(2)36-23-21(16-34-15-20-12-8-5-9-13-20)35-27(24(23)37-28)32-18-30(3)22-25(32)29-17-31(26(22)33)14-19-10-6-4-7-11-19/h4-13,17-18,21,23-24,27H,14-16H2,1-3H3/q+1/t21-,23-,24-,27-/m1/s1. The first kappa shape index (κ1) is 24.0. The highest BCUT2D eigenvalue weighted by atomic mass is 16.8. The second-order valence-electron chi connectivity index (χ2n) is 10.1. The molecule has 9 nitrogen and oxygen atoms in total. The molecule has 4 atom stereocenters. The third kappa shape index (κ3) is 4.59. The Hall–Kier alpha value is -3.37. The van der Waals surface area contributed by atoms with Crippen molar-refractivity contribution in [3.63, 3.8) is 0 Å². The van der Waals surface area contributed by atoms with Crippen molar-refractivity contribution < 1.29 is 23.5 Å². The lowest BCUT2D eigenvalue weighted by Crippen LogP contribution is -2.46. The van der Waals surface area contributed by atoms with Gasteiger partial charge < -0.3 is 18.9 Å². The van der Waals surface area contributed by atoms with Crippen LogP contribution in [0.5, 0.6) is 0 Å². The Morgan fingerprint density at radius 1 is 1.00 bits per heavy atom. The summed E-state index contributed by atoms with van der Waals surface area (Å²) in [6.07, 6.45) is 1.91. The van der Waals surface area contributed by atoms with E-state index < -0.39 is 12.0 Å². The maximum Gasteiger partial charge on any atom is 0.311 e. The number of aryl methyl sites for hydroxylation is 1. The van der Waals surface area contributed by atoms with E-state index >= 15 is 0 Å². The van der Waals surface area contributed by atoms with Crippen LogP contribution in [0.1, 0.15) is 31.2 Å². The zero-order valence-electron chi connectivity index (χ0n) is 21.2. The number of hydrogen-bond acceptors (Lipinski definition) is 6. The minimum absolute atomic E-state index is 0.115. The molecule has 0 aliphatic carbocycles. The monoisotopic (exact) mass is 503 g/mol. The number of ether oxygens (including phenoxy) is 4. The molecule has 0 N–H and O–H groups in total. The quantitative estimate of drug-likeness (QED) is 0.361. The summed E-state index contributed by atoms with van der Waals surface area (Å²) < 4.78 is 30.3. The van der Waals surface area contributed by atoms with Crippen molar-refractivity contribution >= 4 is 11.2 Å². The van der Waals surface area contributed by atoms with Gasteiger partial charge >= 0.3 is 5.65 Å². The minimum atomic E-state index is -0.754. The molecule has 4 aromatic rings. The first-order valence-electron chi connectivity index (χ1n) is 12.5. The van der Waals surface area contributed by atoms with Crippen molar-refractivity contribution in [3.05, 3.63) is 94.8 Å². The van der Waals surface area contributed by atoms with Gasteiger partial charge in [-0.05, 0) is 25.0 Å². The van der Waals surface area contributed by atoms with Crippen molar-refractivity contribution in [2.45, 2.75) is 57.3 Å². The van der Waals surface area contributed by atoms with E-state index in [9.17, 15) is 4.79 Å². The Bertz CT molecular complexity index is 1450. The molecule has 2 saturated heterocycles. The smallest absolute Gasteiger partial charge is 0.311 e. The van der Waals surface area contributed by atoms with Crippen LogP contribution in [0.15, 0.2) is 78.1 Å². The first-order chi connectivity index (χ1) is 17.9. The minimum Gasteiger partial charge on any atom is -0.374 e. The van der Waals surface area contributed by atoms with Crippen molar-refractivity contribution in [1.29, 1.82) is 0 Å². The largest absolute Gasteiger partial charge is 0.374 e. The number of benzene rings is 2. The van der Waals surface area contributed by atoms with E-state index in [0.29, 0.717) is 30.9 Å². The third-order valence-electron chi connectivity index (χ3n) is 6.88. The van der Waals surface area contributed by atoms with E-state index in [4.69, 9.17) is 18.9 Å². The fraction of sp³-hybridized carbons (Fsp3) is 0.393. The maximum atomic E-state index is 13.4. The van der Waals surface area contributed by atoms with E-state index in [-0.39, 0.29) is 23.9 Å². The Morgan fingerprint density at radius 2 is 1.68 bits per heavy atom. The molecule has 0 unspecified atom stereocenters. The Balaban J connectivity index is 1.28. The Morgan fingerprint density at radius 3 is 2.41 bits per heavy atom. The lowest BCUT2D eigenvalue weighted by atomic mass is 10.1. The average molecular weight is 504 g/mol. The SMILES string of the molecule is Cn1c[n+]([C@@H]2O[C@H](COCc3ccccc3)[C@H]3OC(C)(C)O[C@H]32)c2ncn(Cc3ccccc3)c(=O)c21. The fourth-order valence-corrected chi connectivity index (χ4v) is 5.23. The lowest BCUT2D eigenvalue weighted by molar-refractivity contribution is -0.746. The zero-order valence-corrected chi connectivity index (χ0v) is 21.2. The van der Waals surface area contributed by atoms with E-state index in [1.54, 1.807) is 15.5 Å². The van der Waals surface area contributed by atoms with Crippen molar-refractivity contribution in [3.8, 4) is 0 Å². The molecule has 0 bridgehead atoms. The van der Waals surface area contributed by atoms with Crippen LogP contribution in [0.2, 0.25) is 0 Å². The van der Waals surface area contributed by atoms with Gasteiger partial charge in [0.25, 0.3) is 5.56 Å². The van der Waals surface area contributed by atoms with Gasteiger partial charge in [-0.15, -0.1) is 0 Å². The molecule has 2 aromatic heterocycles. The van der Waals surface area contributed by atoms with Gasteiger partial charge in [0.15, 0.2) is 18.4 Å². The van der Waals surface area contributed by atoms with Gasteiger partial charge in [-0.25, -0.2) is 4.57 Å². The highest BCUT2D eigenvalue weighted by molar-refractivity contribution is 5.65. The van der Waals surface area contributed by atoms with Crippen LogP contribution < -0.4 is 10.1 Å². The van der Waals surface area contributed by atoms with Crippen LogP contribution in [-0.4, -0.2) is 44.8 Å². The second kappa shape index (κ2) is 9.50. The molecular formula is C28H31N4O5+. The molecule has 2 aliphatic rings. The zero-order chi connectivity index (χ0) is 25.6. The number of rotatable bonds is 7. The molecule has 37 heavy (non-hydrogen) atoms. The molecule has 0 amide bonds. The molecule has 2 aromatic carbocycles. The fourth-order valence-electron chi connectivity index (χ4n) is 5.23. The highest BCUT2D eigenvalue weighted by Gasteiger charge is 2.57. The lowest BCUT2D eigenvalue weighted by Gasteiger charge is -2.23. The Labute approximate surface area is 214 Å². The maximum absolute atomic E-state index is 13.4. The highest BCUT2D eigenvalue weighted by Crippen LogP contribution is 2.41. The summed E-state index contributed by atoms with van der Waals surface area (Å²) in [5.74, 6) is -0.754. The van der Waals surface area contributed by atoms with E-state index in [1.807, 2.05) is 92.5 Å². The molecule has 0 saturated carbocycles. The molecule has 0 radical (unpaired) electrons. The summed E-state index contributed by atoms with van der Waals surface area (Å²) in [5, 5.41) is 0. The average Bonchev–Trinajstić information content (AvgIpc) is 3.50. The molecule has 4 heterocycles. The molecule has 9 heteroatoms. The summed E-state index contributed by atoms with van der Waals surface area (Å²) in [5.41, 5.74) is 3.06. The molecular weight excluding hydrogens is 472 g/mol. The van der Waals surface area contributed by atoms with E-state index in [1.165, 1.54) is 0 Å². The number of aromatic nitrogens is 4. The molecule has 6 rings (SSSR count). The molecule has 2 fully saturated rings. The van der Waals surface area contributed by atoms with Crippen LogP contribution in [0, 0.1) is 0 Å². The van der Waals surface area contributed by atoms with Gasteiger partial charge in [0.2, 0.25) is 11.7 Å². The first-order valence-corrected chi connectivity index (χ1v) is 12.5. The number of nitrogens with zero attached hydrogens (tertiary/aromatic N) is 4. The number of hydrogen-bond donors (Lipinski definition) is 0. The van der Waals surface area contributed by atoms with Crippen molar-refractivity contribution in [1.82, 2.24) is 14.1 Å². The van der Waals surface area contributed by atoms with Gasteiger partial charge in [-0.2, -0.15) is 0 Å². The van der Waals surface area contributed by atoms with Crippen LogP contribution in [-0.2, 0) is 39.1 Å². The van der Waals surface area contributed by atoms with Crippen LogP contribution in [0.4, 0.5) is 0 Å². The van der Waals surface area contributed by atoms with Crippen molar-refractivity contribution in [2.75, 3.05) is 6.61 Å². The predicted octanol–water partition coefficient (Wildman–Crippen LogP) is 2.71. The summed E-state index contributed by atoms with van der Waals surface area (Å²) in [6.45, 7) is 5.09. The molecule has 0 spiro atoms. The number of imidazole rings is 1. The third-order valence-corrected chi connectivity index (χ3v) is 6.88. The Kier molecular flexibility index (Phi) is 6.16.